The minimum Gasteiger partial charge on any atom is -0.480 e. The molecule has 0 aliphatic heterocycles. The van der Waals surface area contributed by atoms with Gasteiger partial charge < -0.3 is 26.0 Å². The van der Waals surface area contributed by atoms with E-state index in [-0.39, 0.29) is 30.3 Å². The van der Waals surface area contributed by atoms with Gasteiger partial charge in [-0.1, -0.05) is 78.8 Å². The molecule has 0 aromatic heterocycles. The summed E-state index contributed by atoms with van der Waals surface area (Å²) in [6.07, 6.45) is 0. The van der Waals surface area contributed by atoms with Gasteiger partial charge in [0.2, 0.25) is 11.8 Å². The lowest BCUT2D eigenvalue weighted by molar-refractivity contribution is -0.141. The molecule has 8 heteroatoms. The Bertz CT molecular complexity index is 818. The highest BCUT2D eigenvalue weighted by Gasteiger charge is 2.41. The van der Waals surface area contributed by atoms with E-state index < -0.39 is 28.9 Å². The number of aliphatic carboxylic acids is 1. The zero-order chi connectivity index (χ0) is 26.3. The first-order valence-corrected chi connectivity index (χ1v) is 11.9. The fraction of sp³-hybridized carbons (Fsp3) is 0.654. The van der Waals surface area contributed by atoms with Crippen LogP contribution in [0.15, 0.2) is 30.3 Å². The summed E-state index contributed by atoms with van der Waals surface area (Å²) in [7, 11) is 3.46. The molecule has 1 aromatic carbocycles. The van der Waals surface area contributed by atoms with Crippen molar-refractivity contribution in [3.63, 3.8) is 0 Å². The number of carbonyl (C=O) groups excluding carboxylic acids is 2. The third kappa shape index (κ3) is 7.81. The highest BCUT2D eigenvalue weighted by molar-refractivity contribution is 5.91. The topological polar surface area (TPSA) is 111 Å². The van der Waals surface area contributed by atoms with E-state index in [1.165, 1.54) is 0 Å². The van der Waals surface area contributed by atoms with Crippen molar-refractivity contribution in [1.82, 2.24) is 20.9 Å². The van der Waals surface area contributed by atoms with Gasteiger partial charge in [-0.05, 0) is 23.9 Å². The van der Waals surface area contributed by atoms with Crippen LogP contribution < -0.4 is 16.0 Å². The number of benzene rings is 1. The maximum atomic E-state index is 13.6. The third-order valence-corrected chi connectivity index (χ3v) is 6.43. The van der Waals surface area contributed by atoms with Crippen molar-refractivity contribution in [3.05, 3.63) is 35.9 Å². The molecule has 0 saturated carbocycles. The summed E-state index contributed by atoms with van der Waals surface area (Å²) >= 11 is 0. The summed E-state index contributed by atoms with van der Waals surface area (Å²) in [4.78, 5) is 39.7. The van der Waals surface area contributed by atoms with Crippen molar-refractivity contribution < 1.29 is 19.5 Å². The van der Waals surface area contributed by atoms with Gasteiger partial charge in [-0.2, -0.15) is 0 Å². The molecule has 0 radical (unpaired) electrons. The fourth-order valence-electron chi connectivity index (χ4n) is 4.24. The highest BCUT2D eigenvalue weighted by Crippen LogP contribution is 2.28. The van der Waals surface area contributed by atoms with Crippen LogP contribution in [0.5, 0.6) is 0 Å². The molecule has 0 fully saturated rings. The molecule has 1 aromatic rings. The molecule has 0 bridgehead atoms. The lowest BCUT2D eigenvalue weighted by Gasteiger charge is -2.40. The number of rotatable bonds is 12. The van der Waals surface area contributed by atoms with Crippen molar-refractivity contribution in [2.45, 2.75) is 72.0 Å². The van der Waals surface area contributed by atoms with Crippen LogP contribution >= 0.6 is 0 Å². The van der Waals surface area contributed by atoms with Crippen LogP contribution in [0.2, 0.25) is 0 Å². The van der Waals surface area contributed by atoms with E-state index in [1.54, 1.807) is 19.0 Å². The summed E-state index contributed by atoms with van der Waals surface area (Å²) in [5.74, 6) is -1.31. The summed E-state index contributed by atoms with van der Waals surface area (Å²) < 4.78 is 0. The van der Waals surface area contributed by atoms with Gasteiger partial charge in [-0.25, -0.2) is 0 Å². The SMILES string of the molecule is CN[C@H](C(=O)N[C@H](C(=O)N(C)[C@H](CNCC(=O)O)C(C)C)C(C)(C)C)C(C)(C)c1ccccc1. The van der Waals surface area contributed by atoms with Crippen LogP contribution in [0, 0.1) is 11.3 Å². The second-order valence-electron chi connectivity index (χ2n) is 10.9. The summed E-state index contributed by atoms with van der Waals surface area (Å²) in [5, 5.41) is 18.0. The third-order valence-electron chi connectivity index (χ3n) is 6.43. The molecule has 0 heterocycles. The van der Waals surface area contributed by atoms with E-state index >= 15 is 0 Å². The Morgan fingerprint density at radius 3 is 2.00 bits per heavy atom. The molecule has 0 saturated heterocycles. The van der Waals surface area contributed by atoms with Gasteiger partial charge in [0.05, 0.1) is 12.6 Å². The normalized spacial score (nSPS) is 14.9. The van der Waals surface area contributed by atoms with E-state index in [0.717, 1.165) is 5.56 Å². The van der Waals surface area contributed by atoms with E-state index in [0.29, 0.717) is 6.54 Å². The number of carboxylic acids is 1. The maximum absolute atomic E-state index is 13.6. The smallest absolute Gasteiger partial charge is 0.317 e. The number of amides is 2. The average Bonchev–Trinajstić information content (AvgIpc) is 2.73. The molecule has 0 aliphatic carbocycles. The predicted molar refractivity (Wildman–Crippen MR) is 136 cm³/mol. The highest BCUT2D eigenvalue weighted by atomic mass is 16.4. The molecule has 8 nitrogen and oxygen atoms in total. The Kier molecular flexibility index (Phi) is 10.7. The second kappa shape index (κ2) is 12.3. The monoisotopic (exact) mass is 476 g/mol. The maximum Gasteiger partial charge on any atom is 0.317 e. The number of likely N-dealkylation sites (N-methyl/N-ethyl adjacent to an activating group) is 2. The molecule has 4 N–H and O–H groups in total. The predicted octanol–water partition coefficient (Wildman–Crippen LogP) is 2.24. The van der Waals surface area contributed by atoms with Crippen molar-refractivity contribution >= 4 is 17.8 Å². The van der Waals surface area contributed by atoms with E-state index in [4.69, 9.17) is 5.11 Å². The molecule has 0 unspecified atom stereocenters. The minimum atomic E-state index is -0.949. The lowest BCUT2D eigenvalue weighted by atomic mass is 9.76. The van der Waals surface area contributed by atoms with Crippen LogP contribution in [0.25, 0.3) is 0 Å². The van der Waals surface area contributed by atoms with Crippen LogP contribution in [0.1, 0.15) is 54.0 Å². The Labute approximate surface area is 204 Å². The minimum absolute atomic E-state index is 0.0913. The van der Waals surface area contributed by atoms with Crippen LogP contribution in [-0.4, -0.2) is 73.1 Å². The average molecular weight is 477 g/mol. The molecule has 192 valence electrons. The number of hydrogen-bond acceptors (Lipinski definition) is 5. The van der Waals surface area contributed by atoms with Crippen molar-refractivity contribution in [3.8, 4) is 0 Å². The zero-order valence-electron chi connectivity index (χ0n) is 22.2. The van der Waals surface area contributed by atoms with Gasteiger partial charge in [0.25, 0.3) is 0 Å². The summed E-state index contributed by atoms with van der Waals surface area (Å²) in [5.41, 5.74) is -0.0325. The van der Waals surface area contributed by atoms with Gasteiger partial charge in [0.1, 0.15) is 6.04 Å². The number of nitrogens with one attached hydrogen (secondary N) is 3. The molecule has 2 amide bonds. The van der Waals surface area contributed by atoms with Gasteiger partial charge >= 0.3 is 5.97 Å². The lowest BCUT2D eigenvalue weighted by Crippen LogP contribution is -2.62. The molecule has 0 aliphatic rings. The molecule has 3 atom stereocenters. The molecular formula is C26H44N4O4. The molecular weight excluding hydrogens is 432 g/mol. The molecule has 34 heavy (non-hydrogen) atoms. The number of nitrogens with zero attached hydrogens (tertiary/aromatic N) is 1. The van der Waals surface area contributed by atoms with Crippen LogP contribution in [0.3, 0.4) is 0 Å². The van der Waals surface area contributed by atoms with Crippen LogP contribution in [-0.2, 0) is 19.8 Å². The molecule has 1 rings (SSSR count). The zero-order valence-corrected chi connectivity index (χ0v) is 22.2. The Morgan fingerprint density at radius 1 is 1.00 bits per heavy atom. The number of carboxylic acid groups (broad SMARTS) is 1. The van der Waals surface area contributed by atoms with E-state index in [9.17, 15) is 14.4 Å². The largest absolute Gasteiger partial charge is 0.480 e. The van der Waals surface area contributed by atoms with Crippen molar-refractivity contribution in [1.29, 1.82) is 0 Å². The molecule has 0 spiro atoms. The van der Waals surface area contributed by atoms with E-state index in [2.05, 4.69) is 16.0 Å². The standard InChI is InChI=1S/C26H44N4O4/c1-17(2)19(15-28-16-20(31)32)30(9)24(34)22(25(3,4)5)29-23(33)21(27-8)26(6,7)18-13-11-10-12-14-18/h10-14,17,19,21-22,27-28H,15-16H2,1-9H3,(H,29,33)(H,31,32)/t19-,21-,22-/m1/s1. The van der Waals surface area contributed by atoms with Crippen LogP contribution in [0.4, 0.5) is 0 Å². The first-order valence-electron chi connectivity index (χ1n) is 11.9. The second-order valence-corrected chi connectivity index (χ2v) is 10.9. The number of carbonyl (C=O) groups is 3. The number of hydrogen-bond donors (Lipinski definition) is 4. The first-order chi connectivity index (χ1) is 15.6. The Hall–Kier alpha value is -2.45. The fourth-order valence-corrected chi connectivity index (χ4v) is 4.24. The summed E-state index contributed by atoms with van der Waals surface area (Å²) in [6.45, 7) is 13.9. The van der Waals surface area contributed by atoms with Gasteiger partial charge in [-0.3, -0.25) is 14.4 Å². The van der Waals surface area contributed by atoms with Crippen molar-refractivity contribution in [2.75, 3.05) is 27.2 Å². The van der Waals surface area contributed by atoms with Gasteiger partial charge in [-0.15, -0.1) is 0 Å². The van der Waals surface area contributed by atoms with E-state index in [1.807, 2.05) is 78.8 Å². The van der Waals surface area contributed by atoms with Gasteiger partial charge in [0, 0.05) is 25.0 Å². The summed E-state index contributed by atoms with van der Waals surface area (Å²) in [6, 6.07) is 8.28. The van der Waals surface area contributed by atoms with Crippen molar-refractivity contribution in [2.24, 2.45) is 11.3 Å². The Balaban J connectivity index is 3.15. The Morgan fingerprint density at radius 2 is 1.56 bits per heavy atom. The van der Waals surface area contributed by atoms with Gasteiger partial charge in [0.15, 0.2) is 0 Å². The quantitative estimate of drug-likeness (QED) is 0.368. The first kappa shape index (κ1) is 29.6.